The molecule has 2 aromatic rings. The van der Waals surface area contributed by atoms with E-state index in [1.165, 1.54) is 0 Å². The minimum atomic E-state index is -0.125. The third-order valence-corrected chi connectivity index (χ3v) is 3.50. The monoisotopic (exact) mass is 298 g/mol. The molecular weight excluding hydrogens is 280 g/mol. The number of amides is 2. The smallest absolute Gasteiger partial charge is 0.322 e. The molecule has 0 saturated heterocycles. The summed E-state index contributed by atoms with van der Waals surface area (Å²) < 4.78 is 5.01. The summed E-state index contributed by atoms with van der Waals surface area (Å²) in [5, 5.41) is 2.88. The Labute approximate surface area is 129 Å². The summed E-state index contributed by atoms with van der Waals surface area (Å²) >= 11 is 0. The van der Waals surface area contributed by atoms with Gasteiger partial charge in [0.25, 0.3) is 0 Å². The minimum absolute atomic E-state index is 0.125. The second-order valence-electron chi connectivity index (χ2n) is 5.20. The third kappa shape index (κ3) is 3.52. The molecule has 114 valence electrons. The Morgan fingerprint density at radius 3 is 2.77 bits per heavy atom. The van der Waals surface area contributed by atoms with Crippen LogP contribution in [0.25, 0.3) is 0 Å². The fourth-order valence-corrected chi connectivity index (χ4v) is 2.19. The second-order valence-corrected chi connectivity index (χ2v) is 5.20. The quantitative estimate of drug-likeness (QED) is 0.921. The van der Waals surface area contributed by atoms with Crippen LogP contribution in [0.3, 0.4) is 0 Å². The topological polar surface area (TPSA) is 67.3 Å². The Morgan fingerprint density at radius 2 is 2.18 bits per heavy atom. The highest BCUT2D eigenvalue weighted by atomic mass is 16.5. The van der Waals surface area contributed by atoms with Crippen LogP contribution < -0.4 is 10.1 Å². The summed E-state index contributed by atoms with van der Waals surface area (Å²) in [5.74, 6) is 0.519. The number of pyridine rings is 2. The molecule has 2 heterocycles. The van der Waals surface area contributed by atoms with Gasteiger partial charge >= 0.3 is 6.03 Å². The van der Waals surface area contributed by atoms with Gasteiger partial charge in [0.15, 0.2) is 0 Å². The normalized spacial score (nSPS) is 13.5. The molecule has 6 heteroatoms. The van der Waals surface area contributed by atoms with Crippen molar-refractivity contribution in [2.45, 2.75) is 25.4 Å². The number of nitrogens with one attached hydrogen (secondary N) is 1. The van der Waals surface area contributed by atoms with E-state index in [-0.39, 0.29) is 6.03 Å². The van der Waals surface area contributed by atoms with Crippen LogP contribution in [-0.2, 0) is 6.54 Å². The maximum atomic E-state index is 12.5. The largest absolute Gasteiger partial charge is 0.481 e. The number of carbonyl (C=O) groups is 1. The van der Waals surface area contributed by atoms with Gasteiger partial charge in [0, 0.05) is 18.3 Å². The summed E-state index contributed by atoms with van der Waals surface area (Å²) in [6.45, 7) is 0.515. The van der Waals surface area contributed by atoms with Crippen molar-refractivity contribution >= 4 is 11.7 Å². The highest BCUT2D eigenvalue weighted by molar-refractivity contribution is 5.89. The molecule has 0 radical (unpaired) electrons. The summed E-state index contributed by atoms with van der Waals surface area (Å²) in [6, 6.07) is 9.39. The van der Waals surface area contributed by atoms with E-state index in [0.29, 0.717) is 24.2 Å². The Kier molecular flexibility index (Phi) is 4.18. The molecule has 0 unspecified atom stereocenters. The van der Waals surface area contributed by atoms with E-state index in [1.807, 2.05) is 23.1 Å². The molecule has 0 spiro atoms. The van der Waals surface area contributed by atoms with E-state index < -0.39 is 0 Å². The number of aromatic nitrogens is 2. The van der Waals surface area contributed by atoms with Crippen molar-refractivity contribution in [2.24, 2.45) is 0 Å². The predicted octanol–water partition coefficient (Wildman–Crippen LogP) is 2.68. The molecule has 2 aromatic heterocycles. The molecule has 0 atom stereocenters. The molecule has 1 aliphatic carbocycles. The highest BCUT2D eigenvalue weighted by Crippen LogP contribution is 2.28. The first-order valence-corrected chi connectivity index (χ1v) is 7.24. The van der Waals surface area contributed by atoms with Crippen molar-refractivity contribution in [1.82, 2.24) is 14.9 Å². The zero-order chi connectivity index (χ0) is 15.4. The van der Waals surface area contributed by atoms with Crippen molar-refractivity contribution in [1.29, 1.82) is 0 Å². The van der Waals surface area contributed by atoms with Gasteiger partial charge in [-0.3, -0.25) is 4.98 Å². The number of rotatable bonds is 5. The van der Waals surface area contributed by atoms with Crippen LogP contribution in [0.5, 0.6) is 5.88 Å². The Morgan fingerprint density at radius 1 is 1.32 bits per heavy atom. The van der Waals surface area contributed by atoms with E-state index in [1.54, 1.807) is 31.6 Å². The number of carbonyl (C=O) groups excluding carboxylic acids is 1. The SMILES string of the molecule is COc1ccc(NC(=O)N(Cc2ccccn2)C2CC2)cn1. The average Bonchev–Trinajstić information content (AvgIpc) is 3.39. The van der Waals surface area contributed by atoms with E-state index in [9.17, 15) is 4.79 Å². The zero-order valence-electron chi connectivity index (χ0n) is 12.4. The van der Waals surface area contributed by atoms with Crippen LogP contribution in [0, 0.1) is 0 Å². The van der Waals surface area contributed by atoms with Crippen molar-refractivity contribution in [3.63, 3.8) is 0 Å². The number of hydrogen-bond donors (Lipinski definition) is 1. The van der Waals surface area contributed by atoms with Gasteiger partial charge < -0.3 is 15.0 Å². The number of hydrogen-bond acceptors (Lipinski definition) is 4. The van der Waals surface area contributed by atoms with Gasteiger partial charge in [-0.2, -0.15) is 0 Å². The lowest BCUT2D eigenvalue weighted by molar-refractivity contribution is 0.205. The van der Waals surface area contributed by atoms with E-state index in [2.05, 4.69) is 15.3 Å². The fraction of sp³-hybridized carbons (Fsp3) is 0.312. The summed E-state index contributed by atoms with van der Waals surface area (Å²) in [7, 11) is 1.56. The number of urea groups is 1. The summed E-state index contributed by atoms with van der Waals surface area (Å²) in [6.07, 6.45) is 5.41. The van der Waals surface area contributed by atoms with Crippen LogP contribution in [0.4, 0.5) is 10.5 Å². The van der Waals surface area contributed by atoms with Crippen molar-refractivity contribution < 1.29 is 9.53 Å². The van der Waals surface area contributed by atoms with Crippen LogP contribution in [0.1, 0.15) is 18.5 Å². The first-order valence-electron chi connectivity index (χ1n) is 7.24. The lowest BCUT2D eigenvalue weighted by Crippen LogP contribution is -2.36. The van der Waals surface area contributed by atoms with E-state index in [0.717, 1.165) is 18.5 Å². The second kappa shape index (κ2) is 6.43. The average molecular weight is 298 g/mol. The Bertz CT molecular complexity index is 626. The van der Waals surface area contributed by atoms with E-state index in [4.69, 9.17) is 4.74 Å². The number of ether oxygens (including phenoxy) is 1. The van der Waals surface area contributed by atoms with Crippen LogP contribution >= 0.6 is 0 Å². The molecule has 22 heavy (non-hydrogen) atoms. The molecule has 3 rings (SSSR count). The van der Waals surface area contributed by atoms with Gasteiger partial charge in [0.1, 0.15) is 0 Å². The zero-order valence-corrected chi connectivity index (χ0v) is 12.4. The van der Waals surface area contributed by atoms with E-state index >= 15 is 0 Å². The minimum Gasteiger partial charge on any atom is -0.481 e. The van der Waals surface area contributed by atoms with Crippen LogP contribution in [0.2, 0.25) is 0 Å². The summed E-state index contributed by atoms with van der Waals surface area (Å²) in [5.41, 5.74) is 1.54. The Balaban J connectivity index is 1.67. The molecule has 0 aliphatic heterocycles. The third-order valence-electron chi connectivity index (χ3n) is 3.50. The van der Waals surface area contributed by atoms with Gasteiger partial charge in [0.2, 0.25) is 5.88 Å². The maximum Gasteiger partial charge on any atom is 0.322 e. The van der Waals surface area contributed by atoms with Gasteiger partial charge in [-0.25, -0.2) is 9.78 Å². The fourth-order valence-electron chi connectivity index (χ4n) is 2.19. The first kappa shape index (κ1) is 14.3. The van der Waals surface area contributed by atoms with Crippen molar-refractivity contribution in [2.75, 3.05) is 12.4 Å². The van der Waals surface area contributed by atoms with Gasteiger partial charge in [-0.1, -0.05) is 6.07 Å². The number of nitrogens with zero attached hydrogens (tertiary/aromatic N) is 3. The lowest BCUT2D eigenvalue weighted by atomic mass is 10.3. The predicted molar refractivity (Wildman–Crippen MR) is 82.6 cm³/mol. The van der Waals surface area contributed by atoms with Gasteiger partial charge in [0.05, 0.1) is 31.2 Å². The van der Waals surface area contributed by atoms with Crippen LogP contribution in [0.15, 0.2) is 42.7 Å². The maximum absolute atomic E-state index is 12.5. The molecule has 6 nitrogen and oxygen atoms in total. The molecule has 0 bridgehead atoms. The standard InChI is InChI=1S/C16H18N4O2/c1-22-15-8-5-12(10-18-15)19-16(21)20(14-6-7-14)11-13-4-2-3-9-17-13/h2-5,8-10,14H,6-7,11H2,1H3,(H,19,21). The number of methoxy groups -OCH3 is 1. The molecular formula is C16H18N4O2. The van der Waals surface area contributed by atoms with Crippen molar-refractivity contribution in [3.05, 3.63) is 48.4 Å². The van der Waals surface area contributed by atoms with Crippen molar-refractivity contribution in [3.8, 4) is 5.88 Å². The molecule has 2 amide bonds. The molecule has 0 aromatic carbocycles. The van der Waals surface area contributed by atoms with Gasteiger partial charge in [-0.15, -0.1) is 0 Å². The molecule has 1 N–H and O–H groups in total. The lowest BCUT2D eigenvalue weighted by Gasteiger charge is -2.22. The Hall–Kier alpha value is -2.63. The summed E-state index contributed by atoms with van der Waals surface area (Å²) in [4.78, 5) is 22.7. The first-order chi connectivity index (χ1) is 10.8. The van der Waals surface area contributed by atoms with Gasteiger partial charge in [-0.05, 0) is 31.0 Å². The number of anilines is 1. The molecule has 1 saturated carbocycles. The molecule has 1 fully saturated rings. The highest BCUT2D eigenvalue weighted by Gasteiger charge is 2.32. The van der Waals surface area contributed by atoms with Crippen LogP contribution in [-0.4, -0.2) is 34.1 Å². The molecule has 1 aliphatic rings.